The van der Waals surface area contributed by atoms with E-state index in [1.807, 2.05) is 78.7 Å². The maximum Gasteiger partial charge on any atom is 0.342 e. The maximum atomic E-state index is 12.8. The Balaban J connectivity index is 1.86. The van der Waals surface area contributed by atoms with Gasteiger partial charge in [0.05, 0.1) is 22.4 Å². The van der Waals surface area contributed by atoms with Crippen molar-refractivity contribution in [3.63, 3.8) is 0 Å². The van der Waals surface area contributed by atoms with Crippen molar-refractivity contribution < 1.29 is 14.3 Å². The average Bonchev–Trinajstić information content (AvgIpc) is 2.66. The number of ether oxygens (including phenoxy) is 2. The number of para-hydroxylation sites is 3. The van der Waals surface area contributed by atoms with Crippen molar-refractivity contribution >= 4 is 11.7 Å². The van der Waals surface area contributed by atoms with E-state index in [-0.39, 0.29) is 5.97 Å². The Bertz CT molecular complexity index is 966. The van der Waals surface area contributed by atoms with Crippen LogP contribution < -0.4 is 9.64 Å². The first kappa shape index (κ1) is 14.1. The maximum absolute atomic E-state index is 12.8. The highest BCUT2D eigenvalue weighted by Gasteiger charge is 2.52. The van der Waals surface area contributed by atoms with Crippen LogP contribution in [0.5, 0.6) is 11.5 Å². The van der Waals surface area contributed by atoms with Gasteiger partial charge in [-0.1, -0.05) is 36.4 Å². The number of rotatable bonds is 0. The zero-order chi connectivity index (χ0) is 17.0. The van der Waals surface area contributed by atoms with Crippen LogP contribution in [0.3, 0.4) is 0 Å². The highest BCUT2D eigenvalue weighted by molar-refractivity contribution is 5.99. The summed E-state index contributed by atoms with van der Waals surface area (Å²) in [6, 6.07) is 22.9. The molecular weight excluding hydrogens is 314 g/mol. The van der Waals surface area contributed by atoms with Crippen LogP contribution in [0.1, 0.15) is 21.5 Å². The van der Waals surface area contributed by atoms with E-state index in [0.717, 1.165) is 16.8 Å². The molecule has 1 spiro atoms. The number of carbonyl (C=O) groups is 1. The number of carbonyl (C=O) groups excluding carboxylic acids is 1. The summed E-state index contributed by atoms with van der Waals surface area (Å²) in [6.45, 7) is 0. The standard InChI is InChI=1S/C21H15NO3/c1-22-17-11-5-2-8-14(17)20(23)25-21(22)15-9-3-6-12-18(15)24-19-13-7-4-10-16(19)21/h2-13H,1H3. The van der Waals surface area contributed by atoms with Crippen LogP contribution in [0.2, 0.25) is 0 Å². The summed E-state index contributed by atoms with van der Waals surface area (Å²) in [4.78, 5) is 14.9. The molecule has 0 saturated carbocycles. The van der Waals surface area contributed by atoms with Gasteiger partial charge in [0, 0.05) is 7.05 Å². The van der Waals surface area contributed by atoms with Crippen LogP contribution in [0.4, 0.5) is 5.69 Å². The second-order valence-electron chi connectivity index (χ2n) is 6.20. The zero-order valence-corrected chi connectivity index (χ0v) is 13.6. The van der Waals surface area contributed by atoms with Crippen LogP contribution >= 0.6 is 0 Å². The van der Waals surface area contributed by atoms with Gasteiger partial charge in [-0.2, -0.15) is 0 Å². The third-order valence-corrected chi connectivity index (χ3v) is 4.92. The monoisotopic (exact) mass is 329 g/mol. The van der Waals surface area contributed by atoms with Gasteiger partial charge in [-0.15, -0.1) is 0 Å². The van der Waals surface area contributed by atoms with Crippen molar-refractivity contribution in [3.05, 3.63) is 89.5 Å². The molecule has 4 nitrogen and oxygen atoms in total. The summed E-state index contributed by atoms with van der Waals surface area (Å²) in [5.74, 6) is 1.06. The average molecular weight is 329 g/mol. The van der Waals surface area contributed by atoms with Gasteiger partial charge in [0.25, 0.3) is 0 Å². The van der Waals surface area contributed by atoms with Gasteiger partial charge < -0.3 is 14.4 Å². The highest BCUT2D eigenvalue weighted by Crippen LogP contribution is 2.53. The van der Waals surface area contributed by atoms with E-state index in [9.17, 15) is 4.79 Å². The summed E-state index contributed by atoms with van der Waals surface area (Å²) in [5.41, 5.74) is 2.00. The van der Waals surface area contributed by atoms with E-state index in [2.05, 4.69) is 0 Å². The van der Waals surface area contributed by atoms with Crippen molar-refractivity contribution in [2.75, 3.05) is 11.9 Å². The van der Waals surface area contributed by atoms with Gasteiger partial charge in [-0.05, 0) is 36.4 Å². The molecule has 0 aromatic heterocycles. The molecule has 0 radical (unpaired) electrons. The summed E-state index contributed by atoms with van der Waals surface area (Å²) in [7, 11) is 1.95. The van der Waals surface area contributed by atoms with E-state index in [0.29, 0.717) is 17.1 Å². The van der Waals surface area contributed by atoms with Gasteiger partial charge in [-0.3, -0.25) is 0 Å². The Kier molecular flexibility index (Phi) is 2.74. The van der Waals surface area contributed by atoms with E-state index in [1.165, 1.54) is 0 Å². The lowest BCUT2D eigenvalue weighted by Gasteiger charge is -2.48. The largest absolute Gasteiger partial charge is 0.456 e. The predicted molar refractivity (Wildman–Crippen MR) is 94.0 cm³/mol. The number of esters is 1. The first-order valence-electron chi connectivity index (χ1n) is 8.15. The van der Waals surface area contributed by atoms with Crippen LogP contribution in [-0.2, 0) is 10.5 Å². The summed E-state index contributed by atoms with van der Waals surface area (Å²) >= 11 is 0. The van der Waals surface area contributed by atoms with Crippen LogP contribution in [0, 0.1) is 0 Å². The van der Waals surface area contributed by atoms with Crippen molar-refractivity contribution in [1.82, 2.24) is 0 Å². The third-order valence-electron chi connectivity index (χ3n) is 4.92. The minimum absolute atomic E-state index is 0.333. The molecule has 5 rings (SSSR count). The lowest BCUT2D eigenvalue weighted by Crippen LogP contribution is -2.53. The fourth-order valence-electron chi connectivity index (χ4n) is 3.77. The molecule has 0 unspecified atom stereocenters. The number of nitrogens with zero attached hydrogens (tertiary/aromatic N) is 1. The number of fused-ring (bicyclic) bond motifs is 5. The first-order chi connectivity index (χ1) is 12.2. The fraction of sp³-hybridized carbons (Fsp3) is 0.0952. The lowest BCUT2D eigenvalue weighted by molar-refractivity contribution is -0.00963. The molecule has 0 saturated heterocycles. The zero-order valence-electron chi connectivity index (χ0n) is 13.6. The molecule has 0 amide bonds. The van der Waals surface area contributed by atoms with Crippen molar-refractivity contribution in [3.8, 4) is 11.5 Å². The number of anilines is 1. The normalized spacial score (nSPS) is 16.4. The Morgan fingerprint density at radius 1 is 0.800 bits per heavy atom. The summed E-state index contributed by atoms with van der Waals surface area (Å²) < 4.78 is 12.2. The van der Waals surface area contributed by atoms with E-state index < -0.39 is 5.72 Å². The summed E-state index contributed by atoms with van der Waals surface area (Å²) in [5, 5.41) is 0. The molecule has 0 N–H and O–H groups in total. The fourth-order valence-corrected chi connectivity index (χ4v) is 3.77. The van der Waals surface area contributed by atoms with Gasteiger partial charge >= 0.3 is 5.97 Å². The number of benzene rings is 3. The lowest BCUT2D eigenvalue weighted by atomic mass is 9.87. The van der Waals surface area contributed by atoms with Crippen LogP contribution in [0.25, 0.3) is 0 Å². The Morgan fingerprint density at radius 3 is 2.04 bits per heavy atom. The quantitative estimate of drug-likeness (QED) is 0.576. The number of hydrogen-bond donors (Lipinski definition) is 0. The molecule has 3 aromatic carbocycles. The molecule has 0 aliphatic carbocycles. The van der Waals surface area contributed by atoms with E-state index in [4.69, 9.17) is 9.47 Å². The molecule has 25 heavy (non-hydrogen) atoms. The van der Waals surface area contributed by atoms with Gasteiger partial charge in [0.15, 0.2) is 0 Å². The van der Waals surface area contributed by atoms with Crippen LogP contribution in [-0.4, -0.2) is 13.0 Å². The number of hydrogen-bond acceptors (Lipinski definition) is 4. The van der Waals surface area contributed by atoms with Crippen LogP contribution in [0.15, 0.2) is 72.8 Å². The van der Waals surface area contributed by atoms with Gasteiger partial charge in [0.1, 0.15) is 11.5 Å². The molecule has 0 atom stereocenters. The SMILES string of the molecule is CN1c2ccccc2C(=O)OC12c1ccccc1Oc1ccccc12. The molecule has 4 heteroatoms. The smallest absolute Gasteiger partial charge is 0.342 e. The Hall–Kier alpha value is -3.27. The predicted octanol–water partition coefficient (Wildman–Crippen LogP) is 4.30. The van der Waals surface area contributed by atoms with Crippen molar-refractivity contribution in [2.24, 2.45) is 0 Å². The molecule has 0 bridgehead atoms. The molecule has 2 aliphatic heterocycles. The van der Waals surface area contributed by atoms with Gasteiger partial charge in [-0.25, -0.2) is 4.79 Å². The van der Waals surface area contributed by atoms with E-state index >= 15 is 0 Å². The first-order valence-corrected chi connectivity index (χ1v) is 8.15. The second kappa shape index (κ2) is 4.86. The third kappa shape index (κ3) is 1.74. The molecular formula is C21H15NO3. The molecule has 2 heterocycles. The minimum Gasteiger partial charge on any atom is -0.456 e. The molecule has 3 aromatic rings. The second-order valence-corrected chi connectivity index (χ2v) is 6.20. The van der Waals surface area contributed by atoms with Gasteiger partial charge in [0.2, 0.25) is 5.72 Å². The van der Waals surface area contributed by atoms with Crippen molar-refractivity contribution in [2.45, 2.75) is 5.72 Å². The topological polar surface area (TPSA) is 38.8 Å². The van der Waals surface area contributed by atoms with E-state index in [1.54, 1.807) is 6.07 Å². The molecule has 0 fully saturated rings. The van der Waals surface area contributed by atoms with Crippen molar-refractivity contribution in [1.29, 1.82) is 0 Å². The Labute approximate surface area is 145 Å². The highest BCUT2D eigenvalue weighted by atomic mass is 16.6. The molecule has 122 valence electrons. The molecule has 2 aliphatic rings. The minimum atomic E-state index is -1.04. The Morgan fingerprint density at radius 2 is 1.36 bits per heavy atom. The summed E-state index contributed by atoms with van der Waals surface area (Å²) in [6.07, 6.45) is 0.